The first-order valence-corrected chi connectivity index (χ1v) is 10.4. The van der Waals surface area contributed by atoms with Crippen LogP contribution in [-0.2, 0) is 10.3 Å². The summed E-state index contributed by atoms with van der Waals surface area (Å²) in [6, 6.07) is 12.1. The molecule has 0 bridgehead atoms. The number of imide groups is 1. The van der Waals surface area contributed by atoms with E-state index in [4.69, 9.17) is 18.9 Å². The standard InChI is InChI=1S/C23H26N2O6/c1-3-28-17-6-8-18(9-7-17)29-14-11-25-21(26)23(2,24-22(25)27)16-5-10-19-20(15-16)31-13-4-12-30-19/h5-10,15H,3-4,11-14H2,1-2H3,(H,24,27)/t23-/m1/s1. The van der Waals surface area contributed by atoms with E-state index in [0.717, 1.165) is 12.2 Å². The Balaban J connectivity index is 1.41. The molecule has 8 nitrogen and oxygen atoms in total. The van der Waals surface area contributed by atoms with Crippen LogP contribution in [0.2, 0.25) is 0 Å². The molecule has 2 aromatic carbocycles. The van der Waals surface area contributed by atoms with E-state index in [0.29, 0.717) is 42.6 Å². The second-order valence-electron chi connectivity index (χ2n) is 7.48. The maximum absolute atomic E-state index is 13.1. The van der Waals surface area contributed by atoms with Crippen LogP contribution in [0, 0.1) is 0 Å². The van der Waals surface area contributed by atoms with Gasteiger partial charge in [-0.05, 0) is 55.8 Å². The highest BCUT2D eigenvalue weighted by atomic mass is 16.5. The number of rotatable bonds is 7. The van der Waals surface area contributed by atoms with Crippen LogP contribution in [0.1, 0.15) is 25.8 Å². The normalized spacial score (nSPS) is 20.3. The fourth-order valence-electron chi connectivity index (χ4n) is 3.62. The lowest BCUT2D eigenvalue weighted by molar-refractivity contribution is -0.131. The molecule has 0 unspecified atom stereocenters. The van der Waals surface area contributed by atoms with E-state index in [-0.39, 0.29) is 19.1 Å². The summed E-state index contributed by atoms with van der Waals surface area (Å²) in [5.74, 6) is 2.29. The molecule has 0 aromatic heterocycles. The van der Waals surface area contributed by atoms with Crippen LogP contribution >= 0.6 is 0 Å². The Labute approximate surface area is 181 Å². The van der Waals surface area contributed by atoms with Crippen molar-refractivity contribution >= 4 is 11.9 Å². The molecule has 1 fully saturated rings. The SMILES string of the molecule is CCOc1ccc(OCCN2C(=O)N[C@](C)(c3ccc4c(c3)OCCCO4)C2=O)cc1. The number of nitrogens with one attached hydrogen (secondary N) is 1. The van der Waals surface area contributed by atoms with Crippen molar-refractivity contribution in [2.45, 2.75) is 25.8 Å². The van der Waals surface area contributed by atoms with Gasteiger partial charge in [0, 0.05) is 6.42 Å². The quantitative estimate of drug-likeness (QED) is 0.685. The van der Waals surface area contributed by atoms with Crippen LogP contribution in [0.4, 0.5) is 4.79 Å². The van der Waals surface area contributed by atoms with Gasteiger partial charge in [0.2, 0.25) is 0 Å². The molecule has 31 heavy (non-hydrogen) atoms. The van der Waals surface area contributed by atoms with Gasteiger partial charge < -0.3 is 24.3 Å². The molecule has 164 valence electrons. The summed E-state index contributed by atoms with van der Waals surface area (Å²) in [5, 5.41) is 2.81. The third-order valence-electron chi connectivity index (χ3n) is 5.32. The lowest BCUT2D eigenvalue weighted by atomic mass is 9.91. The zero-order valence-corrected chi connectivity index (χ0v) is 17.7. The minimum Gasteiger partial charge on any atom is -0.494 e. The fourth-order valence-corrected chi connectivity index (χ4v) is 3.62. The topological polar surface area (TPSA) is 86.3 Å². The lowest BCUT2D eigenvalue weighted by Crippen LogP contribution is -2.41. The summed E-state index contributed by atoms with van der Waals surface area (Å²) in [6.07, 6.45) is 0.791. The van der Waals surface area contributed by atoms with Crippen molar-refractivity contribution in [2.75, 3.05) is 33.0 Å². The summed E-state index contributed by atoms with van der Waals surface area (Å²) in [5.41, 5.74) is -0.536. The van der Waals surface area contributed by atoms with Gasteiger partial charge in [-0.2, -0.15) is 0 Å². The molecular weight excluding hydrogens is 400 g/mol. The molecule has 0 radical (unpaired) electrons. The smallest absolute Gasteiger partial charge is 0.325 e. The van der Waals surface area contributed by atoms with Gasteiger partial charge in [0.25, 0.3) is 5.91 Å². The zero-order valence-electron chi connectivity index (χ0n) is 17.7. The van der Waals surface area contributed by atoms with E-state index in [9.17, 15) is 9.59 Å². The maximum atomic E-state index is 13.1. The lowest BCUT2D eigenvalue weighted by Gasteiger charge is -2.23. The van der Waals surface area contributed by atoms with Crippen LogP contribution in [0.15, 0.2) is 42.5 Å². The summed E-state index contributed by atoms with van der Waals surface area (Å²) in [6.45, 7) is 5.66. The Hall–Kier alpha value is -3.42. The van der Waals surface area contributed by atoms with Crippen molar-refractivity contribution in [1.82, 2.24) is 10.2 Å². The molecular formula is C23H26N2O6. The van der Waals surface area contributed by atoms with E-state index in [1.165, 1.54) is 4.90 Å². The number of carbonyl (C=O) groups excluding carboxylic acids is 2. The van der Waals surface area contributed by atoms with Crippen LogP contribution in [-0.4, -0.2) is 49.8 Å². The van der Waals surface area contributed by atoms with Gasteiger partial charge in [-0.1, -0.05) is 6.07 Å². The van der Waals surface area contributed by atoms with Crippen LogP contribution in [0.25, 0.3) is 0 Å². The van der Waals surface area contributed by atoms with Gasteiger partial charge in [-0.25, -0.2) is 4.79 Å². The van der Waals surface area contributed by atoms with Gasteiger partial charge in [0.1, 0.15) is 23.6 Å². The highest BCUT2D eigenvalue weighted by Crippen LogP contribution is 2.36. The number of amides is 3. The molecule has 2 heterocycles. The summed E-state index contributed by atoms with van der Waals surface area (Å²) >= 11 is 0. The Bertz CT molecular complexity index is 961. The van der Waals surface area contributed by atoms with Crippen molar-refractivity contribution in [1.29, 1.82) is 0 Å². The average molecular weight is 426 g/mol. The number of carbonyl (C=O) groups is 2. The molecule has 1 N–H and O–H groups in total. The monoisotopic (exact) mass is 426 g/mol. The molecule has 1 saturated heterocycles. The van der Waals surface area contributed by atoms with Gasteiger partial charge in [-0.15, -0.1) is 0 Å². The van der Waals surface area contributed by atoms with Crippen LogP contribution in [0.3, 0.4) is 0 Å². The van der Waals surface area contributed by atoms with Crippen LogP contribution < -0.4 is 24.3 Å². The van der Waals surface area contributed by atoms with Crippen molar-refractivity contribution in [3.8, 4) is 23.0 Å². The second-order valence-corrected chi connectivity index (χ2v) is 7.48. The summed E-state index contributed by atoms with van der Waals surface area (Å²) in [7, 11) is 0. The molecule has 8 heteroatoms. The number of urea groups is 1. The maximum Gasteiger partial charge on any atom is 0.325 e. The Morgan fingerprint density at radius 3 is 2.39 bits per heavy atom. The first-order chi connectivity index (χ1) is 15.0. The molecule has 2 aliphatic heterocycles. The number of fused-ring (bicyclic) bond motifs is 1. The number of nitrogens with zero attached hydrogens (tertiary/aromatic N) is 1. The number of ether oxygens (including phenoxy) is 4. The predicted molar refractivity (Wildman–Crippen MR) is 113 cm³/mol. The molecule has 1 atom stereocenters. The van der Waals surface area contributed by atoms with Crippen molar-refractivity contribution in [2.24, 2.45) is 0 Å². The zero-order chi connectivity index (χ0) is 21.8. The van der Waals surface area contributed by atoms with E-state index in [1.807, 2.05) is 19.1 Å². The first-order valence-electron chi connectivity index (χ1n) is 10.4. The fraction of sp³-hybridized carbons (Fsp3) is 0.391. The van der Waals surface area contributed by atoms with Gasteiger partial charge >= 0.3 is 6.03 Å². The predicted octanol–water partition coefficient (Wildman–Crippen LogP) is 3.09. The molecule has 0 aliphatic carbocycles. The highest BCUT2D eigenvalue weighted by molar-refractivity contribution is 6.07. The van der Waals surface area contributed by atoms with E-state index >= 15 is 0 Å². The van der Waals surface area contributed by atoms with E-state index in [1.54, 1.807) is 37.3 Å². The second kappa shape index (κ2) is 8.75. The summed E-state index contributed by atoms with van der Waals surface area (Å²) < 4.78 is 22.5. The number of benzene rings is 2. The minimum atomic E-state index is -1.18. The average Bonchev–Trinajstić information content (AvgIpc) is 2.93. The van der Waals surface area contributed by atoms with Gasteiger partial charge in [0.05, 0.1) is 26.4 Å². The van der Waals surface area contributed by atoms with Crippen molar-refractivity contribution in [3.05, 3.63) is 48.0 Å². The Morgan fingerprint density at radius 1 is 1.00 bits per heavy atom. The van der Waals surface area contributed by atoms with E-state index in [2.05, 4.69) is 5.32 Å². The number of hydrogen-bond donors (Lipinski definition) is 1. The highest BCUT2D eigenvalue weighted by Gasteiger charge is 2.49. The third-order valence-corrected chi connectivity index (χ3v) is 5.32. The largest absolute Gasteiger partial charge is 0.494 e. The molecule has 3 amide bonds. The Morgan fingerprint density at radius 2 is 1.68 bits per heavy atom. The minimum absolute atomic E-state index is 0.137. The molecule has 0 saturated carbocycles. The van der Waals surface area contributed by atoms with Crippen molar-refractivity contribution in [3.63, 3.8) is 0 Å². The Kier molecular flexibility index (Phi) is 5.88. The summed E-state index contributed by atoms with van der Waals surface area (Å²) in [4.78, 5) is 26.9. The molecule has 0 spiro atoms. The van der Waals surface area contributed by atoms with Crippen molar-refractivity contribution < 1.29 is 28.5 Å². The molecule has 4 rings (SSSR count). The van der Waals surface area contributed by atoms with Gasteiger partial charge in [-0.3, -0.25) is 9.69 Å². The first kappa shape index (κ1) is 20.8. The number of hydrogen-bond acceptors (Lipinski definition) is 6. The molecule has 2 aromatic rings. The van der Waals surface area contributed by atoms with E-state index < -0.39 is 11.6 Å². The van der Waals surface area contributed by atoms with Crippen LogP contribution in [0.5, 0.6) is 23.0 Å². The third kappa shape index (κ3) is 4.23. The molecule has 2 aliphatic rings. The van der Waals surface area contributed by atoms with Gasteiger partial charge in [0.15, 0.2) is 11.5 Å².